The van der Waals surface area contributed by atoms with Crippen LogP contribution in [0.25, 0.3) is 0 Å². The molecule has 0 aromatic heterocycles. The maximum atomic E-state index is 13.0. The van der Waals surface area contributed by atoms with Crippen LogP contribution >= 0.6 is 11.8 Å². The number of sulfonamides is 1. The molecule has 1 aliphatic heterocycles. The number of thioether (sulfide) groups is 1. The van der Waals surface area contributed by atoms with Crippen molar-refractivity contribution in [2.75, 3.05) is 23.5 Å². The Morgan fingerprint density at radius 1 is 1.16 bits per heavy atom. The monoisotopic (exact) mass is 472 g/mol. The van der Waals surface area contributed by atoms with Gasteiger partial charge in [-0.1, -0.05) is 6.07 Å². The van der Waals surface area contributed by atoms with Gasteiger partial charge in [0.2, 0.25) is 15.9 Å². The molecule has 1 heterocycles. The minimum Gasteiger partial charge on any atom is -0.324 e. The summed E-state index contributed by atoms with van der Waals surface area (Å²) in [5.41, 5.74) is 3.17. The fraction of sp³-hybridized carbons (Fsp3) is 0.318. The van der Waals surface area contributed by atoms with E-state index in [1.807, 2.05) is 38.1 Å². The molecule has 1 atom stereocenters. The predicted octanol–water partition coefficient (Wildman–Crippen LogP) is 2.65. The highest BCUT2D eigenvalue weighted by atomic mass is 32.2. The summed E-state index contributed by atoms with van der Waals surface area (Å²) in [6, 6.07) is 12.5. The summed E-state index contributed by atoms with van der Waals surface area (Å²) in [6.07, 6.45) is 0.0635. The van der Waals surface area contributed by atoms with Gasteiger partial charge in [-0.15, -0.1) is 11.8 Å². The Balaban J connectivity index is 1.70. The van der Waals surface area contributed by atoms with Gasteiger partial charge in [-0.2, -0.15) is 5.26 Å². The second-order valence-corrected chi connectivity index (χ2v) is 10.2. The number of anilines is 1. The molecule has 2 aromatic carbocycles. The fourth-order valence-corrected chi connectivity index (χ4v) is 5.36. The first-order chi connectivity index (χ1) is 15.2. The van der Waals surface area contributed by atoms with Gasteiger partial charge in [-0.25, -0.2) is 13.1 Å². The molecule has 1 fully saturated rings. The number of benzene rings is 2. The van der Waals surface area contributed by atoms with Gasteiger partial charge in [0.15, 0.2) is 0 Å². The van der Waals surface area contributed by atoms with Gasteiger partial charge in [0.25, 0.3) is 5.91 Å². The average Bonchev–Trinajstić information content (AvgIpc) is 3.26. The van der Waals surface area contributed by atoms with E-state index in [9.17, 15) is 18.0 Å². The van der Waals surface area contributed by atoms with E-state index < -0.39 is 16.1 Å². The number of rotatable bonds is 7. The molecule has 2 N–H and O–H groups in total. The zero-order chi connectivity index (χ0) is 23.3. The average molecular weight is 473 g/mol. The maximum absolute atomic E-state index is 13.0. The molecule has 10 heteroatoms. The molecule has 0 aliphatic carbocycles. The lowest BCUT2D eigenvalue weighted by Crippen LogP contribution is -2.44. The van der Waals surface area contributed by atoms with Gasteiger partial charge in [0.1, 0.15) is 6.04 Å². The minimum atomic E-state index is -3.75. The quantitative estimate of drug-likeness (QED) is 0.598. The SMILES string of the molecule is Cc1ccc(NC(=O)C2CSCN2C(=O)c2ccc(S(=O)(=O)NCCC#N)cc2)cc1C. The van der Waals surface area contributed by atoms with Crippen LogP contribution in [0, 0.1) is 25.2 Å². The van der Waals surface area contributed by atoms with Gasteiger partial charge in [-0.3, -0.25) is 9.59 Å². The molecule has 0 radical (unpaired) electrons. The van der Waals surface area contributed by atoms with E-state index in [1.54, 1.807) is 0 Å². The van der Waals surface area contributed by atoms with Crippen LogP contribution < -0.4 is 10.0 Å². The number of nitriles is 1. The Kier molecular flexibility index (Phi) is 7.56. The molecule has 1 aliphatic rings. The first-order valence-electron chi connectivity index (χ1n) is 9.96. The summed E-state index contributed by atoms with van der Waals surface area (Å²) in [5.74, 6) is 0.265. The number of hydrogen-bond donors (Lipinski definition) is 2. The lowest BCUT2D eigenvalue weighted by molar-refractivity contribution is -0.119. The molecule has 0 bridgehead atoms. The van der Waals surface area contributed by atoms with Crippen molar-refractivity contribution in [1.29, 1.82) is 5.26 Å². The van der Waals surface area contributed by atoms with Crippen LogP contribution in [0.1, 0.15) is 27.9 Å². The Morgan fingerprint density at radius 2 is 1.88 bits per heavy atom. The zero-order valence-electron chi connectivity index (χ0n) is 17.8. The number of nitrogens with zero attached hydrogens (tertiary/aromatic N) is 2. The molecule has 1 saturated heterocycles. The van der Waals surface area contributed by atoms with E-state index in [-0.39, 0.29) is 29.7 Å². The summed E-state index contributed by atoms with van der Waals surface area (Å²) in [6.45, 7) is 3.98. The van der Waals surface area contributed by atoms with Crippen molar-refractivity contribution in [2.45, 2.75) is 31.2 Å². The van der Waals surface area contributed by atoms with Gasteiger partial charge >= 0.3 is 0 Å². The highest BCUT2D eigenvalue weighted by Crippen LogP contribution is 2.25. The van der Waals surface area contributed by atoms with E-state index in [0.717, 1.165) is 11.1 Å². The molecule has 168 valence electrons. The first-order valence-corrected chi connectivity index (χ1v) is 12.6. The van der Waals surface area contributed by atoms with Gasteiger partial charge in [0.05, 0.1) is 16.8 Å². The van der Waals surface area contributed by atoms with Gasteiger partial charge in [0, 0.05) is 30.0 Å². The predicted molar refractivity (Wildman–Crippen MR) is 124 cm³/mol. The van der Waals surface area contributed by atoms with E-state index in [0.29, 0.717) is 22.9 Å². The van der Waals surface area contributed by atoms with Crippen molar-refractivity contribution >= 4 is 39.3 Å². The topological polar surface area (TPSA) is 119 Å². The number of amides is 2. The second-order valence-electron chi connectivity index (χ2n) is 7.41. The molecule has 8 nitrogen and oxygen atoms in total. The van der Waals surface area contributed by atoms with Crippen LogP contribution in [0.5, 0.6) is 0 Å². The van der Waals surface area contributed by atoms with Gasteiger partial charge in [-0.05, 0) is 61.4 Å². The summed E-state index contributed by atoms with van der Waals surface area (Å²) >= 11 is 1.49. The van der Waals surface area contributed by atoms with E-state index in [1.165, 1.54) is 40.9 Å². The molecular weight excluding hydrogens is 448 g/mol. The summed E-state index contributed by atoms with van der Waals surface area (Å²) in [5, 5.41) is 11.4. The Bertz CT molecular complexity index is 1160. The third kappa shape index (κ3) is 5.48. The zero-order valence-corrected chi connectivity index (χ0v) is 19.4. The summed E-state index contributed by atoms with van der Waals surface area (Å²) in [7, 11) is -3.75. The third-order valence-electron chi connectivity index (χ3n) is 5.16. The smallest absolute Gasteiger partial charge is 0.255 e. The fourth-order valence-electron chi connectivity index (χ4n) is 3.17. The molecule has 2 amide bonds. The number of carbonyl (C=O) groups is 2. The van der Waals surface area contributed by atoms with Crippen LogP contribution in [0.2, 0.25) is 0 Å². The molecule has 32 heavy (non-hydrogen) atoms. The van der Waals surface area contributed by atoms with Crippen LogP contribution in [-0.4, -0.2) is 49.3 Å². The molecule has 2 aromatic rings. The van der Waals surface area contributed by atoms with Crippen molar-refractivity contribution in [1.82, 2.24) is 9.62 Å². The van der Waals surface area contributed by atoms with Crippen LogP contribution in [-0.2, 0) is 14.8 Å². The van der Waals surface area contributed by atoms with E-state index in [2.05, 4.69) is 10.0 Å². The van der Waals surface area contributed by atoms with Gasteiger partial charge < -0.3 is 10.2 Å². The van der Waals surface area contributed by atoms with Crippen LogP contribution in [0.3, 0.4) is 0 Å². The number of carbonyl (C=O) groups excluding carboxylic acids is 2. The van der Waals surface area contributed by atoms with E-state index >= 15 is 0 Å². The van der Waals surface area contributed by atoms with E-state index in [4.69, 9.17) is 5.26 Å². The molecular formula is C22H24N4O4S2. The van der Waals surface area contributed by atoms with Crippen molar-refractivity contribution < 1.29 is 18.0 Å². The maximum Gasteiger partial charge on any atom is 0.255 e. The molecule has 0 saturated carbocycles. The molecule has 0 spiro atoms. The number of aryl methyl sites for hydroxylation is 2. The number of hydrogen-bond acceptors (Lipinski definition) is 6. The molecule has 1 unspecified atom stereocenters. The molecule has 3 rings (SSSR count). The van der Waals surface area contributed by atoms with Crippen molar-refractivity contribution in [3.05, 3.63) is 59.2 Å². The van der Waals surface area contributed by atoms with Crippen molar-refractivity contribution in [3.8, 4) is 6.07 Å². The lowest BCUT2D eigenvalue weighted by atomic mass is 10.1. The summed E-state index contributed by atoms with van der Waals surface area (Å²) in [4.78, 5) is 27.4. The second kappa shape index (κ2) is 10.2. The van der Waals surface area contributed by atoms with Crippen molar-refractivity contribution in [2.24, 2.45) is 0 Å². The minimum absolute atomic E-state index is 0.00632. The Morgan fingerprint density at radius 3 is 2.53 bits per heavy atom. The standard InChI is InChI=1S/C22H24N4O4S2/c1-15-4-7-18(12-16(15)2)25-21(27)20-13-31-14-26(20)22(28)17-5-8-19(9-6-17)32(29,30)24-11-3-10-23/h4-9,12,20,24H,3,11,13-14H2,1-2H3,(H,25,27). The number of nitrogens with one attached hydrogen (secondary N) is 2. The van der Waals surface area contributed by atoms with Crippen LogP contribution in [0.4, 0.5) is 5.69 Å². The highest BCUT2D eigenvalue weighted by Gasteiger charge is 2.35. The van der Waals surface area contributed by atoms with Crippen LogP contribution in [0.15, 0.2) is 47.4 Å². The lowest BCUT2D eigenvalue weighted by Gasteiger charge is -2.23. The first kappa shape index (κ1) is 23.8. The Labute approximate surface area is 192 Å². The largest absolute Gasteiger partial charge is 0.324 e. The van der Waals surface area contributed by atoms with Crippen molar-refractivity contribution in [3.63, 3.8) is 0 Å². The highest BCUT2D eigenvalue weighted by molar-refractivity contribution is 7.99. The third-order valence-corrected chi connectivity index (χ3v) is 7.65. The Hall–Kier alpha value is -2.87. The normalized spacial score (nSPS) is 15.9. The summed E-state index contributed by atoms with van der Waals surface area (Å²) < 4.78 is 26.8.